The zero-order chi connectivity index (χ0) is 18.0. The first kappa shape index (κ1) is 18.5. The van der Waals surface area contributed by atoms with Crippen LogP contribution in [0.4, 0.5) is 0 Å². The monoisotopic (exact) mass is 364 g/mol. The lowest BCUT2D eigenvalue weighted by molar-refractivity contribution is -0.168. The van der Waals surface area contributed by atoms with Crippen molar-refractivity contribution in [3.05, 3.63) is 0 Å². The molecule has 4 fully saturated rings. The smallest absolute Gasteiger partial charge is 0.193 e. The van der Waals surface area contributed by atoms with Crippen LogP contribution < -0.4 is 5.32 Å². The lowest BCUT2D eigenvalue weighted by Crippen LogP contribution is -2.68. The summed E-state index contributed by atoms with van der Waals surface area (Å²) in [6.45, 7) is 10.4. The number of nitrogens with zero attached hydrogens (tertiary/aromatic N) is 3. The van der Waals surface area contributed by atoms with Crippen molar-refractivity contribution in [2.45, 2.75) is 51.2 Å². The Kier molecular flexibility index (Phi) is 5.72. The number of aliphatic imine (C=N–C) groups is 1. The second-order valence-electron chi connectivity index (χ2n) is 8.52. The second kappa shape index (κ2) is 8.03. The predicted molar refractivity (Wildman–Crippen MR) is 104 cm³/mol. The van der Waals surface area contributed by atoms with Crippen molar-refractivity contribution in [3.63, 3.8) is 0 Å². The Morgan fingerprint density at radius 3 is 2.73 bits per heavy atom. The SMILES string of the molecule is CCOC1CC(NC(=NC)N2CCC(CN3CCOCC3)C2)C12CCC2. The summed E-state index contributed by atoms with van der Waals surface area (Å²) in [5, 5.41) is 3.81. The summed E-state index contributed by atoms with van der Waals surface area (Å²) < 4.78 is 11.5. The number of morpholine rings is 1. The number of rotatable bonds is 5. The normalized spacial score (nSPS) is 34.6. The van der Waals surface area contributed by atoms with Crippen LogP contribution in [0, 0.1) is 11.3 Å². The van der Waals surface area contributed by atoms with Gasteiger partial charge in [-0.3, -0.25) is 9.89 Å². The van der Waals surface area contributed by atoms with Crippen LogP contribution in [0.3, 0.4) is 0 Å². The molecular formula is C20H36N4O2. The minimum atomic E-state index is 0.388. The molecule has 3 unspecified atom stereocenters. The quantitative estimate of drug-likeness (QED) is 0.593. The number of ether oxygens (including phenoxy) is 2. The van der Waals surface area contributed by atoms with E-state index in [4.69, 9.17) is 9.47 Å². The Labute approximate surface area is 158 Å². The standard InChI is InChI=1S/C20H36N4O2/c1-3-26-18-13-17(20(18)6-4-7-20)22-19(21-2)24-8-5-16(15-24)14-23-9-11-25-12-10-23/h16-18H,3-15H2,1-2H3,(H,21,22). The average molecular weight is 365 g/mol. The highest BCUT2D eigenvalue weighted by atomic mass is 16.5. The van der Waals surface area contributed by atoms with E-state index >= 15 is 0 Å². The van der Waals surface area contributed by atoms with Crippen LogP contribution in [0.5, 0.6) is 0 Å². The fourth-order valence-electron chi connectivity index (χ4n) is 5.42. The van der Waals surface area contributed by atoms with E-state index in [1.807, 2.05) is 7.05 Å². The molecular weight excluding hydrogens is 328 g/mol. The molecule has 4 rings (SSSR count). The maximum atomic E-state index is 6.00. The highest BCUT2D eigenvalue weighted by Crippen LogP contribution is 2.57. The van der Waals surface area contributed by atoms with E-state index < -0.39 is 0 Å². The van der Waals surface area contributed by atoms with E-state index in [2.05, 4.69) is 27.0 Å². The van der Waals surface area contributed by atoms with Gasteiger partial charge in [-0.2, -0.15) is 0 Å². The third-order valence-electron chi connectivity index (χ3n) is 7.16. The van der Waals surface area contributed by atoms with E-state index in [-0.39, 0.29) is 0 Å². The van der Waals surface area contributed by atoms with Gasteiger partial charge in [0, 0.05) is 57.8 Å². The van der Waals surface area contributed by atoms with Gasteiger partial charge in [0.2, 0.25) is 0 Å². The third kappa shape index (κ3) is 3.48. The molecule has 6 heteroatoms. The first-order chi connectivity index (χ1) is 12.7. The lowest BCUT2D eigenvalue weighted by Gasteiger charge is -2.61. The number of nitrogens with one attached hydrogen (secondary N) is 1. The zero-order valence-electron chi connectivity index (χ0n) is 16.6. The van der Waals surface area contributed by atoms with Gasteiger partial charge in [-0.1, -0.05) is 6.42 Å². The summed E-state index contributed by atoms with van der Waals surface area (Å²) in [7, 11) is 1.93. The first-order valence-corrected chi connectivity index (χ1v) is 10.6. The molecule has 1 spiro atoms. The minimum absolute atomic E-state index is 0.388. The Balaban J connectivity index is 1.28. The average Bonchev–Trinajstić information content (AvgIpc) is 3.05. The number of hydrogen-bond acceptors (Lipinski definition) is 4. The van der Waals surface area contributed by atoms with Crippen molar-refractivity contribution in [2.75, 3.05) is 59.6 Å². The molecule has 0 aromatic heterocycles. The molecule has 4 aliphatic rings. The van der Waals surface area contributed by atoms with Gasteiger partial charge in [0.1, 0.15) is 0 Å². The fraction of sp³-hybridized carbons (Fsp3) is 0.950. The number of hydrogen-bond donors (Lipinski definition) is 1. The van der Waals surface area contributed by atoms with Crippen molar-refractivity contribution >= 4 is 5.96 Å². The van der Waals surface area contributed by atoms with Crippen LogP contribution in [0.15, 0.2) is 4.99 Å². The van der Waals surface area contributed by atoms with Crippen molar-refractivity contribution < 1.29 is 9.47 Å². The van der Waals surface area contributed by atoms with Crippen LogP contribution in [-0.4, -0.2) is 87.5 Å². The molecule has 0 bridgehead atoms. The molecule has 1 N–H and O–H groups in total. The second-order valence-corrected chi connectivity index (χ2v) is 8.52. The number of likely N-dealkylation sites (tertiary alicyclic amines) is 1. The Morgan fingerprint density at radius 1 is 1.27 bits per heavy atom. The van der Waals surface area contributed by atoms with Gasteiger partial charge in [0.05, 0.1) is 19.3 Å². The van der Waals surface area contributed by atoms with Crippen LogP contribution in [-0.2, 0) is 9.47 Å². The zero-order valence-corrected chi connectivity index (χ0v) is 16.6. The van der Waals surface area contributed by atoms with Gasteiger partial charge in [-0.25, -0.2) is 0 Å². The molecule has 0 aromatic carbocycles. The van der Waals surface area contributed by atoms with E-state index in [9.17, 15) is 0 Å². The van der Waals surface area contributed by atoms with E-state index in [1.54, 1.807) is 0 Å². The first-order valence-electron chi connectivity index (χ1n) is 10.6. The lowest BCUT2D eigenvalue weighted by atomic mass is 9.51. The summed E-state index contributed by atoms with van der Waals surface area (Å²) in [6.07, 6.45) is 6.85. The topological polar surface area (TPSA) is 49.3 Å². The Hall–Kier alpha value is -0.850. The summed E-state index contributed by atoms with van der Waals surface area (Å²) in [5.41, 5.74) is 0.388. The minimum Gasteiger partial charge on any atom is -0.379 e. The van der Waals surface area contributed by atoms with Crippen LogP contribution >= 0.6 is 0 Å². The summed E-state index contributed by atoms with van der Waals surface area (Å²) in [4.78, 5) is 9.67. The van der Waals surface area contributed by atoms with Crippen molar-refractivity contribution in [1.29, 1.82) is 0 Å². The van der Waals surface area contributed by atoms with E-state index in [0.29, 0.717) is 17.6 Å². The Morgan fingerprint density at radius 2 is 2.08 bits per heavy atom. The third-order valence-corrected chi connectivity index (χ3v) is 7.16. The van der Waals surface area contributed by atoms with Crippen molar-refractivity contribution in [3.8, 4) is 0 Å². The number of guanidine groups is 1. The van der Waals surface area contributed by atoms with Crippen LogP contribution in [0.2, 0.25) is 0 Å². The van der Waals surface area contributed by atoms with Gasteiger partial charge in [0.15, 0.2) is 5.96 Å². The molecule has 0 amide bonds. The largest absolute Gasteiger partial charge is 0.379 e. The van der Waals surface area contributed by atoms with Crippen molar-refractivity contribution in [1.82, 2.24) is 15.1 Å². The fourth-order valence-corrected chi connectivity index (χ4v) is 5.42. The maximum absolute atomic E-state index is 6.00. The molecule has 2 aliphatic carbocycles. The van der Waals surface area contributed by atoms with Crippen LogP contribution in [0.1, 0.15) is 39.0 Å². The molecule has 2 saturated carbocycles. The van der Waals surface area contributed by atoms with Crippen LogP contribution in [0.25, 0.3) is 0 Å². The Bertz CT molecular complexity index is 502. The molecule has 2 aliphatic heterocycles. The van der Waals surface area contributed by atoms with Crippen molar-refractivity contribution in [2.24, 2.45) is 16.3 Å². The van der Waals surface area contributed by atoms with Gasteiger partial charge in [-0.15, -0.1) is 0 Å². The highest BCUT2D eigenvalue weighted by molar-refractivity contribution is 5.80. The maximum Gasteiger partial charge on any atom is 0.193 e. The van der Waals surface area contributed by atoms with Gasteiger partial charge in [-0.05, 0) is 38.5 Å². The summed E-state index contributed by atoms with van der Waals surface area (Å²) in [6, 6.07) is 0.546. The predicted octanol–water partition coefficient (Wildman–Crippen LogP) is 1.56. The van der Waals surface area contributed by atoms with Gasteiger partial charge < -0.3 is 19.7 Å². The van der Waals surface area contributed by atoms with Gasteiger partial charge in [0.25, 0.3) is 0 Å². The molecule has 0 aromatic rings. The molecule has 6 nitrogen and oxygen atoms in total. The highest BCUT2D eigenvalue weighted by Gasteiger charge is 2.59. The molecule has 2 heterocycles. The summed E-state index contributed by atoms with van der Waals surface area (Å²) >= 11 is 0. The molecule has 26 heavy (non-hydrogen) atoms. The molecule has 148 valence electrons. The van der Waals surface area contributed by atoms with E-state index in [1.165, 1.54) is 32.2 Å². The molecule has 3 atom stereocenters. The molecule has 2 saturated heterocycles. The van der Waals surface area contributed by atoms with Gasteiger partial charge >= 0.3 is 0 Å². The molecule has 0 radical (unpaired) electrons. The van der Waals surface area contributed by atoms with E-state index in [0.717, 1.165) is 64.3 Å². The summed E-state index contributed by atoms with van der Waals surface area (Å²) in [5.74, 6) is 1.86.